The zero-order valence-electron chi connectivity index (χ0n) is 23.9. The van der Waals surface area contributed by atoms with Crippen LogP contribution in [0, 0.1) is 0 Å². The first kappa shape index (κ1) is 32.1. The lowest BCUT2D eigenvalue weighted by Gasteiger charge is -2.24. The predicted octanol–water partition coefficient (Wildman–Crippen LogP) is 3.62. The van der Waals surface area contributed by atoms with Gasteiger partial charge in [-0.3, -0.25) is 9.78 Å². The Labute approximate surface area is 255 Å². The number of nitrogens with zero attached hydrogens (tertiary/aromatic N) is 4. The van der Waals surface area contributed by atoms with Crippen LogP contribution >= 0.6 is 0 Å². The number of fused-ring (bicyclic) bond motifs is 1. The van der Waals surface area contributed by atoms with Crippen LogP contribution in [-0.2, 0) is 35.8 Å². The molecule has 0 unspecified atom stereocenters. The van der Waals surface area contributed by atoms with Crippen LogP contribution in [0.2, 0.25) is 0 Å². The number of nitrogens with two attached hydrogens (primary N) is 1. The van der Waals surface area contributed by atoms with Gasteiger partial charge in [0, 0.05) is 17.4 Å². The van der Waals surface area contributed by atoms with Crippen molar-refractivity contribution in [2.75, 3.05) is 16.9 Å². The van der Waals surface area contributed by atoms with Gasteiger partial charge in [-0.15, -0.1) is 23.4 Å². The minimum Gasteiger partial charge on any atom is -0.419 e. The van der Waals surface area contributed by atoms with E-state index in [4.69, 9.17) is 10.2 Å². The number of carbonyl (C=O) groups is 1. The molecule has 45 heavy (non-hydrogen) atoms. The Morgan fingerprint density at radius 3 is 2.31 bits per heavy atom. The molecule has 4 aromatic rings. The summed E-state index contributed by atoms with van der Waals surface area (Å²) in [6.07, 6.45) is -2.87. The van der Waals surface area contributed by atoms with Crippen LogP contribution in [0.1, 0.15) is 25.3 Å². The fraction of sp³-hybridized carbons (Fsp3) is 0.286. The van der Waals surface area contributed by atoms with Gasteiger partial charge in [-0.2, -0.15) is 0 Å². The van der Waals surface area contributed by atoms with E-state index in [9.17, 15) is 34.8 Å². The molecule has 17 heteroatoms. The molecule has 0 radical (unpaired) electrons. The van der Waals surface area contributed by atoms with E-state index in [1.807, 2.05) is 0 Å². The van der Waals surface area contributed by atoms with Crippen LogP contribution in [0.25, 0.3) is 22.7 Å². The number of aromatic nitrogens is 3. The molecular formula is C28H26F3N5O7S2. The van der Waals surface area contributed by atoms with Gasteiger partial charge in [0.25, 0.3) is 0 Å². The number of hydrogen-bond acceptors (Lipinski definition) is 11. The van der Waals surface area contributed by atoms with Crippen LogP contribution in [-0.4, -0.2) is 62.3 Å². The Kier molecular flexibility index (Phi) is 7.99. The van der Waals surface area contributed by atoms with E-state index in [-0.39, 0.29) is 34.5 Å². The standard InChI is InChI=1S/C28H26F3N5O7S2/c1-27(2,44(3,38)39)26-35-34-24(42-26)18-8-11-23-22(12-18)36(25(37)20(32)15-45(23,40)41)14-16-4-6-17(7-5-16)21-10-9-19(13-33-21)43-28(29,30)31/h4-13,20H,14-15,32H2,1-3H3/t20-/m0/s1. The summed E-state index contributed by atoms with van der Waals surface area (Å²) < 4.78 is 96.3. The van der Waals surface area contributed by atoms with Crippen LogP contribution in [0.15, 0.2) is 70.1 Å². The fourth-order valence-corrected chi connectivity index (χ4v) is 6.41. The molecule has 1 aliphatic heterocycles. The highest BCUT2D eigenvalue weighted by atomic mass is 32.2. The molecule has 1 aliphatic rings. The van der Waals surface area contributed by atoms with E-state index in [1.165, 1.54) is 43.0 Å². The molecule has 1 amide bonds. The van der Waals surface area contributed by atoms with Gasteiger partial charge in [-0.05, 0) is 49.7 Å². The summed E-state index contributed by atoms with van der Waals surface area (Å²) >= 11 is 0. The zero-order chi connectivity index (χ0) is 32.9. The fourth-order valence-electron chi connectivity index (χ4n) is 4.45. The summed E-state index contributed by atoms with van der Waals surface area (Å²) in [4.78, 5) is 18.5. The molecule has 12 nitrogen and oxygen atoms in total. The van der Waals surface area contributed by atoms with Crippen molar-refractivity contribution in [2.24, 2.45) is 5.73 Å². The smallest absolute Gasteiger partial charge is 0.419 e. The van der Waals surface area contributed by atoms with Crippen LogP contribution in [0.5, 0.6) is 5.75 Å². The van der Waals surface area contributed by atoms with Gasteiger partial charge in [-0.25, -0.2) is 16.8 Å². The summed E-state index contributed by atoms with van der Waals surface area (Å²) in [6, 6.07) is 11.8. The highest BCUT2D eigenvalue weighted by Crippen LogP contribution is 2.37. The molecule has 0 fully saturated rings. The molecule has 0 bridgehead atoms. The second kappa shape index (κ2) is 11.2. The van der Waals surface area contributed by atoms with Crippen molar-refractivity contribution in [2.45, 2.75) is 42.4 Å². The monoisotopic (exact) mass is 665 g/mol. The first-order chi connectivity index (χ1) is 20.9. The third kappa shape index (κ3) is 6.55. The molecule has 5 rings (SSSR count). The van der Waals surface area contributed by atoms with E-state index >= 15 is 0 Å². The minimum atomic E-state index is -4.85. The van der Waals surface area contributed by atoms with Crippen molar-refractivity contribution >= 4 is 31.3 Å². The first-order valence-corrected chi connectivity index (χ1v) is 16.7. The Morgan fingerprint density at radius 1 is 1.04 bits per heavy atom. The van der Waals surface area contributed by atoms with Crippen molar-refractivity contribution in [3.8, 4) is 28.5 Å². The second-order valence-electron chi connectivity index (χ2n) is 10.8. The normalized spacial score (nSPS) is 17.1. The number of hydrogen-bond donors (Lipinski definition) is 1. The molecule has 1 atom stereocenters. The van der Waals surface area contributed by atoms with Crippen molar-refractivity contribution in [1.29, 1.82) is 0 Å². The largest absolute Gasteiger partial charge is 0.573 e. The topological polar surface area (TPSA) is 176 Å². The van der Waals surface area contributed by atoms with Gasteiger partial charge in [0.2, 0.25) is 17.7 Å². The average Bonchev–Trinajstić information content (AvgIpc) is 3.44. The number of anilines is 1. The number of amides is 1. The number of sulfone groups is 2. The molecule has 238 valence electrons. The number of rotatable bonds is 7. The van der Waals surface area contributed by atoms with E-state index in [1.54, 1.807) is 24.3 Å². The summed E-state index contributed by atoms with van der Waals surface area (Å²) in [6.45, 7) is 2.72. The van der Waals surface area contributed by atoms with Gasteiger partial charge in [-0.1, -0.05) is 24.3 Å². The first-order valence-electron chi connectivity index (χ1n) is 13.1. The molecule has 3 heterocycles. The van der Waals surface area contributed by atoms with Crippen molar-refractivity contribution in [3.05, 3.63) is 72.2 Å². The van der Waals surface area contributed by atoms with Gasteiger partial charge in [0.05, 0.1) is 40.8 Å². The summed E-state index contributed by atoms with van der Waals surface area (Å²) in [7, 11) is -7.64. The molecule has 0 aliphatic carbocycles. The number of pyridine rings is 1. The lowest BCUT2D eigenvalue weighted by atomic mass is 10.1. The van der Waals surface area contributed by atoms with Crippen LogP contribution in [0.3, 0.4) is 0 Å². The summed E-state index contributed by atoms with van der Waals surface area (Å²) in [5, 5.41) is 7.83. The molecule has 2 aromatic heterocycles. The van der Waals surface area contributed by atoms with Crippen LogP contribution < -0.4 is 15.4 Å². The van der Waals surface area contributed by atoms with Gasteiger partial charge in [0.1, 0.15) is 10.5 Å². The minimum absolute atomic E-state index is 0.0126. The van der Waals surface area contributed by atoms with Gasteiger partial charge >= 0.3 is 6.36 Å². The third-order valence-electron chi connectivity index (χ3n) is 7.24. The molecule has 0 saturated heterocycles. The van der Waals surface area contributed by atoms with Gasteiger partial charge < -0.3 is 19.8 Å². The highest BCUT2D eigenvalue weighted by Gasteiger charge is 2.39. The van der Waals surface area contributed by atoms with Crippen molar-refractivity contribution in [3.63, 3.8) is 0 Å². The molecule has 2 N–H and O–H groups in total. The van der Waals surface area contributed by atoms with Crippen LogP contribution in [0.4, 0.5) is 18.9 Å². The third-order valence-corrected chi connectivity index (χ3v) is 11.1. The summed E-state index contributed by atoms with van der Waals surface area (Å²) in [5.41, 5.74) is 7.76. The van der Waals surface area contributed by atoms with E-state index in [0.29, 0.717) is 16.8 Å². The Hall–Kier alpha value is -4.35. The zero-order valence-corrected chi connectivity index (χ0v) is 25.6. The van der Waals surface area contributed by atoms with Gasteiger partial charge in [0.15, 0.2) is 19.7 Å². The second-order valence-corrected chi connectivity index (χ2v) is 15.4. The lowest BCUT2D eigenvalue weighted by Crippen LogP contribution is -2.45. The maximum absolute atomic E-state index is 13.4. The van der Waals surface area contributed by atoms with E-state index < -0.39 is 54.2 Å². The number of alkyl halides is 3. The number of carbonyl (C=O) groups excluding carboxylic acids is 1. The molecule has 0 saturated carbocycles. The van der Waals surface area contributed by atoms with E-state index in [0.717, 1.165) is 18.5 Å². The number of ether oxygens (including phenoxy) is 1. The number of halogens is 3. The Balaban J connectivity index is 1.48. The maximum atomic E-state index is 13.4. The maximum Gasteiger partial charge on any atom is 0.573 e. The quantitative estimate of drug-likeness (QED) is 0.305. The molecular weight excluding hydrogens is 639 g/mol. The predicted molar refractivity (Wildman–Crippen MR) is 155 cm³/mol. The van der Waals surface area contributed by atoms with Crippen molar-refractivity contribution < 1.29 is 44.0 Å². The Morgan fingerprint density at radius 2 is 1.71 bits per heavy atom. The van der Waals surface area contributed by atoms with E-state index in [2.05, 4.69) is 19.9 Å². The van der Waals surface area contributed by atoms with Crippen molar-refractivity contribution in [1.82, 2.24) is 15.2 Å². The summed E-state index contributed by atoms with van der Waals surface area (Å²) in [5.74, 6) is -2.02. The SMILES string of the molecule is CC(C)(c1nnc(-c2ccc3c(c2)N(Cc2ccc(-c4ccc(OC(F)(F)F)cn4)cc2)C(=O)[C@@H](N)CS3(=O)=O)o1)S(C)(=O)=O. The number of benzene rings is 2. The highest BCUT2D eigenvalue weighted by molar-refractivity contribution is 7.92. The Bertz CT molecular complexity index is 1980. The average molecular weight is 666 g/mol. The lowest BCUT2D eigenvalue weighted by molar-refractivity contribution is -0.274. The molecule has 0 spiro atoms. The molecule has 2 aromatic carbocycles.